The Kier molecular flexibility index (Phi) is 5.06. The van der Waals surface area contributed by atoms with E-state index in [0.717, 1.165) is 6.42 Å². The van der Waals surface area contributed by atoms with Crippen LogP contribution in [0, 0.1) is 0 Å². The summed E-state index contributed by atoms with van der Waals surface area (Å²) in [6.45, 7) is 0. The van der Waals surface area contributed by atoms with Crippen LogP contribution >= 0.6 is 11.8 Å². The highest BCUT2D eigenvalue weighted by molar-refractivity contribution is 8.03. The molecule has 1 atom stereocenters. The van der Waals surface area contributed by atoms with Gasteiger partial charge in [-0.15, -0.1) is 0 Å². The molecule has 1 aliphatic carbocycles. The summed E-state index contributed by atoms with van der Waals surface area (Å²) in [6.07, 6.45) is 7.92. The summed E-state index contributed by atoms with van der Waals surface area (Å²) in [5, 5.41) is 10.6. The van der Waals surface area contributed by atoms with Gasteiger partial charge in [0.05, 0.1) is 0 Å². The van der Waals surface area contributed by atoms with Crippen LogP contribution in [-0.2, 0) is 0 Å². The summed E-state index contributed by atoms with van der Waals surface area (Å²) >= 11 is 1.96. The molecule has 1 heterocycles. The van der Waals surface area contributed by atoms with Crippen LogP contribution < -0.4 is 0 Å². The Morgan fingerprint density at radius 3 is 2.32 bits per heavy atom. The lowest BCUT2D eigenvalue weighted by molar-refractivity contribution is 0.842. The molecule has 0 amide bonds. The largest absolute Gasteiger partial charge is 0.0932 e. The Bertz CT molecular complexity index is 2250. The molecule has 0 spiro atoms. The number of hydrogen-bond acceptors (Lipinski definition) is 1. The van der Waals surface area contributed by atoms with Crippen LogP contribution in [0.15, 0.2) is 149 Å². The maximum absolute atomic E-state index is 2.40. The zero-order chi connectivity index (χ0) is 26.9. The van der Waals surface area contributed by atoms with Crippen molar-refractivity contribution in [3.8, 4) is 22.3 Å². The molecule has 0 aromatic heterocycles. The number of hydrogen-bond donors (Lipinski definition) is 0. The van der Waals surface area contributed by atoms with Gasteiger partial charge in [0.25, 0.3) is 0 Å². The Balaban J connectivity index is 1.38. The van der Waals surface area contributed by atoms with Gasteiger partial charge in [0.1, 0.15) is 0 Å². The van der Waals surface area contributed by atoms with Crippen LogP contribution in [0.5, 0.6) is 0 Å². The summed E-state index contributed by atoms with van der Waals surface area (Å²) < 4.78 is 0. The zero-order valence-corrected chi connectivity index (χ0v) is 23.3. The Morgan fingerprint density at radius 2 is 1.37 bits per heavy atom. The van der Waals surface area contributed by atoms with Gasteiger partial charge in [0, 0.05) is 16.2 Å². The second-order valence-corrected chi connectivity index (χ2v) is 12.3. The first-order valence-corrected chi connectivity index (χ1v) is 15.2. The number of thioether (sulfide) groups is 1. The lowest BCUT2D eigenvalue weighted by Crippen LogP contribution is -2.07. The third-order valence-corrected chi connectivity index (χ3v) is 10.2. The van der Waals surface area contributed by atoms with Gasteiger partial charge in [-0.25, -0.2) is 0 Å². The van der Waals surface area contributed by atoms with Crippen LogP contribution in [0.3, 0.4) is 0 Å². The van der Waals surface area contributed by atoms with Crippen LogP contribution in [0.2, 0.25) is 0 Å². The van der Waals surface area contributed by atoms with Crippen molar-refractivity contribution in [1.82, 2.24) is 0 Å². The Hall–Kier alpha value is -4.59. The summed E-state index contributed by atoms with van der Waals surface area (Å²) in [4.78, 5) is 2.84. The molecule has 1 unspecified atom stereocenters. The summed E-state index contributed by atoms with van der Waals surface area (Å²) in [5.41, 5.74) is 6.67. The first kappa shape index (κ1) is 23.1. The second-order valence-electron chi connectivity index (χ2n) is 11.2. The fraction of sp³-hybridized carbons (Fsp3) is 0.0500. The van der Waals surface area contributed by atoms with Gasteiger partial charge >= 0.3 is 0 Å². The van der Waals surface area contributed by atoms with Gasteiger partial charge < -0.3 is 0 Å². The highest BCUT2D eigenvalue weighted by Gasteiger charge is 2.28. The summed E-state index contributed by atoms with van der Waals surface area (Å²) in [5.74, 6) is 0.459. The van der Waals surface area contributed by atoms with E-state index in [1.54, 1.807) is 0 Å². The van der Waals surface area contributed by atoms with Gasteiger partial charge in [-0.05, 0) is 89.0 Å². The molecule has 0 saturated heterocycles. The predicted molar refractivity (Wildman–Crippen MR) is 178 cm³/mol. The highest BCUT2D eigenvalue weighted by Crippen LogP contribution is 2.53. The van der Waals surface area contributed by atoms with Crippen LogP contribution in [-0.4, -0.2) is 0 Å². The molecule has 9 rings (SSSR count). The predicted octanol–water partition coefficient (Wildman–Crippen LogP) is 11.7. The number of allylic oxidation sites excluding steroid dienone is 4. The maximum Gasteiger partial charge on any atom is 0.0201 e. The van der Waals surface area contributed by atoms with E-state index < -0.39 is 0 Å². The first-order valence-electron chi connectivity index (χ1n) is 14.4. The molecule has 2 aliphatic rings. The third-order valence-electron chi connectivity index (χ3n) is 9.01. The smallest absolute Gasteiger partial charge is 0.0201 e. The quantitative estimate of drug-likeness (QED) is 0.156. The first-order chi connectivity index (χ1) is 20.3. The molecule has 7 aromatic rings. The average molecular weight is 539 g/mol. The Labute approximate surface area is 243 Å². The average Bonchev–Trinajstić information content (AvgIpc) is 3.04. The van der Waals surface area contributed by atoms with Crippen molar-refractivity contribution < 1.29 is 0 Å². The normalized spacial score (nSPS) is 15.9. The van der Waals surface area contributed by atoms with Crippen molar-refractivity contribution in [1.29, 1.82) is 0 Å². The lowest BCUT2D eigenvalue weighted by atomic mass is 9.84. The van der Waals surface area contributed by atoms with E-state index in [0.29, 0.717) is 5.92 Å². The maximum atomic E-state index is 2.40. The summed E-state index contributed by atoms with van der Waals surface area (Å²) in [7, 11) is 0. The van der Waals surface area contributed by atoms with E-state index in [1.807, 2.05) is 11.8 Å². The molecule has 192 valence electrons. The minimum absolute atomic E-state index is 0.459. The number of fused-ring (bicyclic) bond motifs is 6. The molecular weight excluding hydrogens is 513 g/mol. The van der Waals surface area contributed by atoms with Crippen molar-refractivity contribution in [3.05, 3.63) is 150 Å². The lowest BCUT2D eigenvalue weighted by Gasteiger charge is -2.29. The fourth-order valence-corrected chi connectivity index (χ4v) is 8.41. The van der Waals surface area contributed by atoms with Crippen molar-refractivity contribution in [2.45, 2.75) is 17.2 Å². The minimum Gasteiger partial charge on any atom is -0.0932 e. The van der Waals surface area contributed by atoms with Crippen LogP contribution in [0.1, 0.15) is 17.9 Å². The van der Waals surface area contributed by atoms with Crippen molar-refractivity contribution in [2.75, 3.05) is 0 Å². The monoisotopic (exact) mass is 538 g/mol. The Morgan fingerprint density at radius 1 is 0.561 bits per heavy atom. The fourth-order valence-electron chi connectivity index (χ4n) is 7.18. The molecule has 0 bridgehead atoms. The van der Waals surface area contributed by atoms with Crippen molar-refractivity contribution in [3.63, 3.8) is 0 Å². The number of benzene rings is 7. The van der Waals surface area contributed by atoms with Crippen LogP contribution in [0.4, 0.5) is 0 Å². The SMILES string of the molecule is C1=CCC2C(=C1)Sc1ccc(-c3c4ccccc4cc4c3ccc3c(-c5ccccc5)cccc34)c3cccc2c13. The van der Waals surface area contributed by atoms with Gasteiger partial charge in [0.15, 0.2) is 0 Å². The molecule has 41 heavy (non-hydrogen) atoms. The van der Waals surface area contributed by atoms with Gasteiger partial charge in [0.2, 0.25) is 0 Å². The molecule has 0 radical (unpaired) electrons. The van der Waals surface area contributed by atoms with E-state index in [-0.39, 0.29) is 0 Å². The van der Waals surface area contributed by atoms with E-state index in [1.165, 1.54) is 80.7 Å². The highest BCUT2D eigenvalue weighted by atomic mass is 32.2. The molecule has 0 saturated carbocycles. The number of rotatable bonds is 2. The van der Waals surface area contributed by atoms with E-state index in [4.69, 9.17) is 0 Å². The van der Waals surface area contributed by atoms with E-state index >= 15 is 0 Å². The third kappa shape index (κ3) is 3.43. The van der Waals surface area contributed by atoms with Crippen LogP contribution in [0.25, 0.3) is 65.3 Å². The molecule has 0 nitrogen and oxygen atoms in total. The topological polar surface area (TPSA) is 0 Å². The van der Waals surface area contributed by atoms with E-state index in [9.17, 15) is 0 Å². The molecule has 0 fully saturated rings. The molecule has 1 heteroatoms. The van der Waals surface area contributed by atoms with Gasteiger partial charge in [-0.2, -0.15) is 0 Å². The van der Waals surface area contributed by atoms with E-state index in [2.05, 4.69) is 140 Å². The molecule has 0 N–H and O–H groups in total. The summed E-state index contributed by atoms with van der Waals surface area (Å²) in [6, 6.07) is 45.2. The second kappa shape index (κ2) is 8.96. The standard InChI is InChI=1S/C40H26S/c1-2-10-25(11-3-1)27-15-8-16-29-30(27)20-21-35-36(29)24-26-12-4-5-13-28(26)39(35)34-22-23-38-40-32(17-9-18-33(34)40)31-14-6-7-19-37(31)41-38/h1-13,15-24,31H,14H2. The minimum atomic E-state index is 0.459. The van der Waals surface area contributed by atoms with Gasteiger partial charge in [-0.3, -0.25) is 0 Å². The van der Waals surface area contributed by atoms with Gasteiger partial charge in [-0.1, -0.05) is 139 Å². The molecule has 7 aromatic carbocycles. The van der Waals surface area contributed by atoms with Crippen molar-refractivity contribution >= 4 is 54.9 Å². The zero-order valence-electron chi connectivity index (χ0n) is 22.5. The molecular formula is C40H26S. The molecule has 1 aliphatic heterocycles. The van der Waals surface area contributed by atoms with Crippen molar-refractivity contribution in [2.24, 2.45) is 0 Å².